The molecule has 0 bridgehead atoms. The van der Waals surface area contributed by atoms with Gasteiger partial charge in [-0.2, -0.15) is 0 Å². The largest absolute Gasteiger partial charge is 0.493 e. The molecule has 1 fully saturated rings. The van der Waals surface area contributed by atoms with E-state index in [9.17, 15) is 4.79 Å². The number of hydrogen-bond donors (Lipinski definition) is 0. The maximum atomic E-state index is 12.4. The van der Waals surface area contributed by atoms with Crippen LogP contribution in [0.5, 0.6) is 5.75 Å². The third-order valence-corrected chi connectivity index (χ3v) is 4.67. The van der Waals surface area contributed by atoms with Crippen molar-refractivity contribution >= 4 is 11.6 Å². The fourth-order valence-corrected chi connectivity index (χ4v) is 3.12. The monoisotopic (exact) mass is 338 g/mol. The maximum absolute atomic E-state index is 12.4. The number of aryl methyl sites for hydroxylation is 2. The van der Waals surface area contributed by atoms with Crippen LogP contribution in [0.3, 0.4) is 0 Å². The van der Waals surface area contributed by atoms with E-state index in [4.69, 9.17) is 4.74 Å². The van der Waals surface area contributed by atoms with Crippen LogP contribution < -0.4 is 9.64 Å². The lowest BCUT2D eigenvalue weighted by Gasteiger charge is -2.36. The Morgan fingerprint density at radius 3 is 2.44 bits per heavy atom. The molecular formula is C21H26N2O2. The number of nitrogens with zero attached hydrogens (tertiary/aromatic N) is 2. The van der Waals surface area contributed by atoms with Gasteiger partial charge in [0.25, 0.3) is 0 Å². The molecule has 1 saturated heterocycles. The maximum Gasteiger partial charge on any atom is 0.226 e. The van der Waals surface area contributed by atoms with E-state index in [2.05, 4.69) is 41.3 Å². The van der Waals surface area contributed by atoms with Gasteiger partial charge in [-0.25, -0.2) is 0 Å². The Bertz CT molecular complexity index is 707. The van der Waals surface area contributed by atoms with E-state index in [-0.39, 0.29) is 5.91 Å². The van der Waals surface area contributed by atoms with Crippen LogP contribution in [-0.2, 0) is 4.79 Å². The summed E-state index contributed by atoms with van der Waals surface area (Å²) >= 11 is 0. The highest BCUT2D eigenvalue weighted by atomic mass is 16.5. The molecule has 0 atom stereocenters. The van der Waals surface area contributed by atoms with E-state index in [0.717, 1.165) is 37.5 Å². The molecule has 1 amide bonds. The summed E-state index contributed by atoms with van der Waals surface area (Å²) in [6, 6.07) is 16.5. The molecule has 0 saturated carbocycles. The van der Waals surface area contributed by atoms with Crippen LogP contribution in [0.2, 0.25) is 0 Å². The number of carbonyl (C=O) groups excluding carboxylic acids is 1. The standard InChI is InChI=1S/C21H26N2O2/c1-17-8-9-18(2)20(16-17)25-15-10-21(24)23-13-11-22(12-14-23)19-6-4-3-5-7-19/h3-9,16H,10-15H2,1-2H3. The predicted octanol–water partition coefficient (Wildman–Crippen LogP) is 3.42. The van der Waals surface area contributed by atoms with Crippen LogP contribution >= 0.6 is 0 Å². The predicted molar refractivity (Wildman–Crippen MR) is 101 cm³/mol. The molecule has 0 N–H and O–H groups in total. The minimum atomic E-state index is 0.179. The lowest BCUT2D eigenvalue weighted by molar-refractivity contribution is -0.132. The van der Waals surface area contributed by atoms with Crippen molar-refractivity contribution in [1.82, 2.24) is 4.90 Å². The van der Waals surface area contributed by atoms with E-state index < -0.39 is 0 Å². The Morgan fingerprint density at radius 1 is 1.00 bits per heavy atom. The van der Waals surface area contributed by atoms with Crippen molar-refractivity contribution in [3.8, 4) is 5.75 Å². The first-order chi connectivity index (χ1) is 12.1. The number of anilines is 1. The van der Waals surface area contributed by atoms with Crippen molar-refractivity contribution in [2.45, 2.75) is 20.3 Å². The highest BCUT2D eigenvalue weighted by Gasteiger charge is 2.21. The smallest absolute Gasteiger partial charge is 0.226 e. The molecule has 1 aliphatic rings. The molecule has 2 aromatic rings. The average Bonchev–Trinajstić information content (AvgIpc) is 2.65. The minimum absolute atomic E-state index is 0.179. The van der Waals surface area contributed by atoms with Gasteiger partial charge < -0.3 is 14.5 Å². The Kier molecular flexibility index (Phi) is 5.59. The average molecular weight is 338 g/mol. The quantitative estimate of drug-likeness (QED) is 0.837. The van der Waals surface area contributed by atoms with E-state index in [0.29, 0.717) is 13.0 Å². The molecule has 1 aliphatic heterocycles. The van der Waals surface area contributed by atoms with Crippen LogP contribution in [0.4, 0.5) is 5.69 Å². The van der Waals surface area contributed by atoms with Crippen LogP contribution in [0.25, 0.3) is 0 Å². The molecule has 0 aromatic heterocycles. The molecule has 2 aromatic carbocycles. The van der Waals surface area contributed by atoms with Gasteiger partial charge in [-0.05, 0) is 43.2 Å². The fraction of sp³-hybridized carbons (Fsp3) is 0.381. The van der Waals surface area contributed by atoms with Gasteiger partial charge in [0.05, 0.1) is 13.0 Å². The summed E-state index contributed by atoms with van der Waals surface area (Å²) < 4.78 is 5.81. The molecule has 1 heterocycles. The number of amides is 1. The molecule has 132 valence electrons. The van der Waals surface area contributed by atoms with Gasteiger partial charge >= 0.3 is 0 Å². The third-order valence-electron chi connectivity index (χ3n) is 4.67. The van der Waals surface area contributed by atoms with Crippen molar-refractivity contribution in [3.05, 3.63) is 59.7 Å². The molecule has 0 radical (unpaired) electrons. The van der Waals surface area contributed by atoms with Crippen molar-refractivity contribution in [2.24, 2.45) is 0 Å². The summed E-state index contributed by atoms with van der Waals surface area (Å²) in [4.78, 5) is 16.7. The summed E-state index contributed by atoms with van der Waals surface area (Å²) in [6.07, 6.45) is 0.429. The van der Waals surface area contributed by atoms with Crippen LogP contribution in [0.15, 0.2) is 48.5 Å². The number of para-hydroxylation sites is 1. The van der Waals surface area contributed by atoms with Gasteiger partial charge in [0.15, 0.2) is 0 Å². The zero-order chi connectivity index (χ0) is 17.6. The zero-order valence-corrected chi connectivity index (χ0v) is 15.1. The van der Waals surface area contributed by atoms with Crippen molar-refractivity contribution < 1.29 is 9.53 Å². The first kappa shape index (κ1) is 17.3. The summed E-state index contributed by atoms with van der Waals surface area (Å²) in [7, 11) is 0. The number of benzene rings is 2. The van der Waals surface area contributed by atoms with Crippen LogP contribution in [-0.4, -0.2) is 43.6 Å². The first-order valence-electron chi connectivity index (χ1n) is 8.91. The molecule has 0 aliphatic carbocycles. The molecule has 0 unspecified atom stereocenters. The summed E-state index contributed by atoms with van der Waals surface area (Å²) in [5.41, 5.74) is 3.51. The summed E-state index contributed by atoms with van der Waals surface area (Å²) in [6.45, 7) is 7.82. The van der Waals surface area contributed by atoms with E-state index in [1.54, 1.807) is 0 Å². The topological polar surface area (TPSA) is 32.8 Å². The van der Waals surface area contributed by atoms with Gasteiger partial charge in [0, 0.05) is 31.9 Å². The zero-order valence-electron chi connectivity index (χ0n) is 15.1. The Hall–Kier alpha value is -2.49. The molecule has 3 rings (SSSR count). The van der Waals surface area contributed by atoms with Gasteiger partial charge in [-0.3, -0.25) is 4.79 Å². The lowest BCUT2D eigenvalue weighted by Crippen LogP contribution is -2.49. The van der Waals surface area contributed by atoms with Gasteiger partial charge in [0.2, 0.25) is 5.91 Å². The lowest BCUT2D eigenvalue weighted by atomic mass is 10.1. The second kappa shape index (κ2) is 8.06. The number of piperazine rings is 1. The normalized spacial score (nSPS) is 14.5. The highest BCUT2D eigenvalue weighted by molar-refractivity contribution is 5.76. The molecular weight excluding hydrogens is 312 g/mol. The number of ether oxygens (including phenoxy) is 1. The fourth-order valence-electron chi connectivity index (χ4n) is 3.12. The van der Waals surface area contributed by atoms with Crippen molar-refractivity contribution in [3.63, 3.8) is 0 Å². The molecule has 25 heavy (non-hydrogen) atoms. The summed E-state index contributed by atoms with van der Waals surface area (Å²) in [5.74, 6) is 1.06. The number of rotatable bonds is 5. The van der Waals surface area contributed by atoms with Gasteiger partial charge in [0.1, 0.15) is 5.75 Å². The number of carbonyl (C=O) groups is 1. The van der Waals surface area contributed by atoms with E-state index in [1.165, 1.54) is 11.3 Å². The Labute approximate surface area is 150 Å². The molecule has 4 heteroatoms. The van der Waals surface area contributed by atoms with Crippen LogP contribution in [0.1, 0.15) is 17.5 Å². The molecule has 0 spiro atoms. The highest BCUT2D eigenvalue weighted by Crippen LogP contribution is 2.20. The van der Waals surface area contributed by atoms with E-state index >= 15 is 0 Å². The first-order valence-corrected chi connectivity index (χ1v) is 8.91. The Balaban J connectivity index is 1.44. The Morgan fingerprint density at radius 2 is 1.72 bits per heavy atom. The van der Waals surface area contributed by atoms with Gasteiger partial charge in [-0.15, -0.1) is 0 Å². The summed E-state index contributed by atoms with van der Waals surface area (Å²) in [5, 5.41) is 0. The second-order valence-corrected chi connectivity index (χ2v) is 6.57. The van der Waals surface area contributed by atoms with Crippen LogP contribution in [0, 0.1) is 13.8 Å². The van der Waals surface area contributed by atoms with Gasteiger partial charge in [-0.1, -0.05) is 30.3 Å². The third kappa shape index (κ3) is 4.53. The minimum Gasteiger partial charge on any atom is -0.493 e. The van der Waals surface area contributed by atoms with Crippen molar-refractivity contribution in [1.29, 1.82) is 0 Å². The molecule has 4 nitrogen and oxygen atoms in total. The number of hydrogen-bond acceptors (Lipinski definition) is 3. The SMILES string of the molecule is Cc1ccc(C)c(OCCC(=O)N2CCN(c3ccccc3)CC2)c1. The van der Waals surface area contributed by atoms with E-state index in [1.807, 2.05) is 30.9 Å². The second-order valence-electron chi connectivity index (χ2n) is 6.57. The van der Waals surface area contributed by atoms with Crippen molar-refractivity contribution in [2.75, 3.05) is 37.7 Å².